The van der Waals surface area contributed by atoms with Crippen LogP contribution in [0.2, 0.25) is 0 Å². The third-order valence-electron chi connectivity index (χ3n) is 7.60. The molecule has 0 saturated carbocycles. The van der Waals surface area contributed by atoms with Gasteiger partial charge in [0.1, 0.15) is 0 Å². The van der Waals surface area contributed by atoms with Gasteiger partial charge >= 0.3 is 0 Å². The van der Waals surface area contributed by atoms with Crippen LogP contribution in [0.3, 0.4) is 0 Å². The molecule has 0 unspecified atom stereocenters. The van der Waals surface area contributed by atoms with E-state index >= 15 is 0 Å². The molecule has 0 aliphatic carbocycles. The second-order valence-electron chi connectivity index (χ2n) is 10.2. The van der Waals surface area contributed by atoms with Crippen molar-refractivity contribution in [1.82, 2.24) is 24.8 Å². The van der Waals surface area contributed by atoms with Crippen LogP contribution in [0.4, 0.5) is 5.82 Å². The van der Waals surface area contributed by atoms with Crippen molar-refractivity contribution in [2.75, 3.05) is 58.4 Å². The van der Waals surface area contributed by atoms with E-state index in [2.05, 4.69) is 71.0 Å². The van der Waals surface area contributed by atoms with Crippen molar-refractivity contribution >= 4 is 38.1 Å². The minimum atomic E-state index is 0.697. The van der Waals surface area contributed by atoms with E-state index in [0.29, 0.717) is 6.04 Å². The molecule has 36 heavy (non-hydrogen) atoms. The number of morpholine rings is 1. The fraction of sp³-hybridized carbons (Fsp3) is 0.464. The Morgan fingerprint density at radius 1 is 1.06 bits per heavy atom. The van der Waals surface area contributed by atoms with Gasteiger partial charge in [0.05, 0.1) is 23.4 Å². The van der Waals surface area contributed by atoms with E-state index in [9.17, 15) is 0 Å². The number of ether oxygens (including phenoxy) is 1. The molecule has 2 aliphatic rings. The molecule has 5 heterocycles. The quantitative estimate of drug-likeness (QED) is 0.396. The second kappa shape index (κ2) is 10.0. The van der Waals surface area contributed by atoms with Crippen molar-refractivity contribution in [2.24, 2.45) is 0 Å². The summed E-state index contributed by atoms with van der Waals surface area (Å²) in [5.41, 5.74) is 3.03. The van der Waals surface area contributed by atoms with Crippen molar-refractivity contribution in [3.05, 3.63) is 47.1 Å². The zero-order valence-corrected chi connectivity index (χ0v) is 22.2. The lowest BCUT2D eigenvalue weighted by Gasteiger charge is -2.34. The monoisotopic (exact) mass is 502 g/mol. The van der Waals surface area contributed by atoms with Gasteiger partial charge in [-0.15, -0.1) is 11.3 Å². The number of benzene rings is 1. The maximum absolute atomic E-state index is 5.65. The first-order chi connectivity index (χ1) is 17.6. The molecule has 3 aromatic heterocycles. The zero-order chi connectivity index (χ0) is 24.6. The Kier molecular flexibility index (Phi) is 6.60. The third kappa shape index (κ3) is 4.59. The van der Waals surface area contributed by atoms with Crippen LogP contribution in [0.1, 0.15) is 23.4 Å². The number of anilines is 1. The van der Waals surface area contributed by atoms with E-state index < -0.39 is 0 Å². The molecular formula is C28H34N6OS. The van der Waals surface area contributed by atoms with E-state index in [1.165, 1.54) is 22.4 Å². The molecule has 1 aromatic carbocycles. The van der Waals surface area contributed by atoms with E-state index in [1.807, 2.05) is 17.5 Å². The van der Waals surface area contributed by atoms with Gasteiger partial charge in [0, 0.05) is 66.5 Å². The molecule has 188 valence electrons. The maximum atomic E-state index is 5.65. The normalized spacial score (nSPS) is 18.1. The molecule has 0 radical (unpaired) electrons. The first-order valence-electron chi connectivity index (χ1n) is 12.9. The lowest BCUT2D eigenvalue weighted by molar-refractivity contribution is 0.122. The molecule has 0 atom stereocenters. The highest BCUT2D eigenvalue weighted by molar-refractivity contribution is 7.19. The number of piperidine rings is 1. The van der Waals surface area contributed by atoms with E-state index in [0.717, 1.165) is 85.1 Å². The van der Waals surface area contributed by atoms with Crippen LogP contribution in [0.5, 0.6) is 0 Å². The highest BCUT2D eigenvalue weighted by atomic mass is 32.1. The molecule has 7 nitrogen and oxygen atoms in total. The van der Waals surface area contributed by atoms with Crippen molar-refractivity contribution in [3.63, 3.8) is 0 Å². The van der Waals surface area contributed by atoms with Crippen molar-refractivity contribution < 1.29 is 4.74 Å². The maximum Gasteiger partial charge on any atom is 0.164 e. The van der Waals surface area contributed by atoms with Gasteiger partial charge in [-0.1, -0.05) is 24.3 Å². The summed E-state index contributed by atoms with van der Waals surface area (Å²) in [5.74, 6) is 1.80. The molecular weight excluding hydrogens is 468 g/mol. The summed E-state index contributed by atoms with van der Waals surface area (Å²) in [6, 6.07) is 11.4. The number of hydrogen-bond acceptors (Lipinski definition) is 8. The van der Waals surface area contributed by atoms with E-state index in [4.69, 9.17) is 14.7 Å². The van der Waals surface area contributed by atoms with Crippen molar-refractivity contribution in [2.45, 2.75) is 32.4 Å². The van der Waals surface area contributed by atoms with Crippen LogP contribution in [-0.2, 0) is 11.3 Å². The highest BCUT2D eigenvalue weighted by Crippen LogP contribution is 2.37. The summed E-state index contributed by atoms with van der Waals surface area (Å²) in [6.45, 7) is 8.49. The minimum Gasteiger partial charge on any atom is -0.378 e. The Hall–Kier alpha value is -2.65. The Morgan fingerprint density at radius 3 is 2.61 bits per heavy atom. The number of aromatic nitrogens is 3. The molecule has 2 aliphatic heterocycles. The van der Waals surface area contributed by atoms with Gasteiger partial charge in [0.25, 0.3) is 0 Å². The highest BCUT2D eigenvalue weighted by Gasteiger charge is 2.24. The van der Waals surface area contributed by atoms with Gasteiger partial charge < -0.3 is 14.5 Å². The lowest BCUT2D eigenvalue weighted by Crippen LogP contribution is -2.41. The summed E-state index contributed by atoms with van der Waals surface area (Å²) in [7, 11) is 4.39. The molecule has 6 rings (SSSR count). The van der Waals surface area contributed by atoms with Crippen LogP contribution in [-0.4, -0.2) is 84.3 Å². The molecule has 0 bridgehead atoms. The average Bonchev–Trinajstić information content (AvgIpc) is 3.31. The first-order valence-corrected chi connectivity index (χ1v) is 13.7. The number of pyridine rings is 1. The fourth-order valence-corrected chi connectivity index (χ4v) is 6.66. The zero-order valence-electron chi connectivity index (χ0n) is 21.4. The Bertz CT molecular complexity index is 1370. The number of fused-ring (bicyclic) bond motifs is 2. The SMILES string of the molecule is Cc1ncc2ccccc2c1-c1nc(N2CCOCC2)c2sc(CN3CCC(N(C)C)CC3)cc2n1. The molecule has 0 amide bonds. The standard InChI is InChI=1S/C28H34N6OS/c1-19-25(23-7-5-4-6-20(23)17-29-19)27-30-24-16-22(18-33-10-8-21(9-11-33)32(2)3)36-26(24)28(31-27)34-12-14-35-15-13-34/h4-7,16-17,21H,8-15,18H2,1-3H3. The van der Waals surface area contributed by atoms with Crippen molar-refractivity contribution in [3.8, 4) is 11.4 Å². The molecule has 2 saturated heterocycles. The Balaban J connectivity index is 1.40. The number of hydrogen-bond donors (Lipinski definition) is 0. The van der Waals surface area contributed by atoms with E-state index in [1.54, 1.807) is 0 Å². The predicted molar refractivity (Wildman–Crippen MR) is 148 cm³/mol. The number of nitrogens with zero attached hydrogens (tertiary/aromatic N) is 6. The minimum absolute atomic E-state index is 0.697. The molecule has 4 aromatic rings. The fourth-order valence-electron chi connectivity index (χ4n) is 5.50. The second-order valence-corrected chi connectivity index (χ2v) is 11.3. The topological polar surface area (TPSA) is 57.6 Å². The van der Waals surface area contributed by atoms with Crippen LogP contribution in [0.25, 0.3) is 32.4 Å². The third-order valence-corrected chi connectivity index (χ3v) is 8.70. The van der Waals surface area contributed by atoms with Crippen LogP contribution >= 0.6 is 11.3 Å². The summed E-state index contributed by atoms with van der Waals surface area (Å²) in [4.78, 5) is 23.7. The number of thiophene rings is 1. The van der Waals surface area contributed by atoms with Crippen LogP contribution in [0.15, 0.2) is 36.5 Å². The summed E-state index contributed by atoms with van der Waals surface area (Å²) < 4.78 is 6.84. The smallest absolute Gasteiger partial charge is 0.164 e. The lowest BCUT2D eigenvalue weighted by atomic mass is 10.0. The van der Waals surface area contributed by atoms with Crippen molar-refractivity contribution in [1.29, 1.82) is 0 Å². The summed E-state index contributed by atoms with van der Waals surface area (Å²) in [6.07, 6.45) is 4.40. The molecule has 2 fully saturated rings. The Labute approximate surface area is 216 Å². The van der Waals surface area contributed by atoms with Gasteiger partial charge in [-0.05, 0) is 45.3 Å². The first kappa shape index (κ1) is 23.7. The predicted octanol–water partition coefficient (Wildman–Crippen LogP) is 4.58. The van der Waals surface area contributed by atoms with Gasteiger partial charge in [-0.2, -0.15) is 0 Å². The summed E-state index contributed by atoms with van der Waals surface area (Å²) in [5, 5.41) is 2.26. The number of rotatable bonds is 5. The largest absolute Gasteiger partial charge is 0.378 e. The Morgan fingerprint density at radius 2 is 1.83 bits per heavy atom. The number of likely N-dealkylation sites (tertiary alicyclic amines) is 1. The van der Waals surface area contributed by atoms with Crippen LogP contribution in [0, 0.1) is 6.92 Å². The molecule has 0 N–H and O–H groups in total. The van der Waals surface area contributed by atoms with Gasteiger partial charge in [0.2, 0.25) is 0 Å². The van der Waals surface area contributed by atoms with E-state index in [-0.39, 0.29) is 0 Å². The summed E-state index contributed by atoms with van der Waals surface area (Å²) >= 11 is 1.85. The van der Waals surface area contributed by atoms with Gasteiger partial charge in [-0.3, -0.25) is 9.88 Å². The van der Waals surface area contributed by atoms with Gasteiger partial charge in [0.15, 0.2) is 11.6 Å². The van der Waals surface area contributed by atoms with Crippen LogP contribution < -0.4 is 4.90 Å². The molecule has 0 spiro atoms. The molecule has 8 heteroatoms. The average molecular weight is 503 g/mol. The van der Waals surface area contributed by atoms with Gasteiger partial charge in [-0.25, -0.2) is 9.97 Å². The number of aryl methyl sites for hydroxylation is 1.